The Balaban J connectivity index is 1.83. The van der Waals surface area contributed by atoms with E-state index in [0.29, 0.717) is 0 Å². The van der Waals surface area contributed by atoms with Gasteiger partial charge in [0.25, 0.3) is 0 Å². The highest BCUT2D eigenvalue weighted by Gasteiger charge is 2.32. The van der Waals surface area contributed by atoms with Gasteiger partial charge in [0.15, 0.2) is 0 Å². The van der Waals surface area contributed by atoms with Crippen LogP contribution in [-0.4, -0.2) is 10.7 Å². The van der Waals surface area contributed by atoms with E-state index in [2.05, 4.69) is 51.6 Å². The molecule has 1 unspecified atom stereocenters. The lowest BCUT2D eigenvalue weighted by molar-refractivity contribution is 0.0275. The number of benzene rings is 1. The van der Waals surface area contributed by atoms with Gasteiger partial charge >= 0.3 is 0 Å². The van der Waals surface area contributed by atoms with E-state index >= 15 is 0 Å². The van der Waals surface area contributed by atoms with Crippen LogP contribution in [-0.2, 0) is 19.3 Å². The van der Waals surface area contributed by atoms with E-state index in [-0.39, 0.29) is 0 Å². The molecule has 0 amide bonds. The second-order valence-corrected chi connectivity index (χ2v) is 7.02. The topological polar surface area (TPSA) is 20.2 Å². The standard InChI is InChI=1S/C15H15BrOS/c16-13-4-3-12-9-15(17,6-5-11(12)8-13)10-14-2-1-7-18-14/h1-4,7-8,17H,5-6,9-10H2. The van der Waals surface area contributed by atoms with Crippen molar-refractivity contribution in [2.45, 2.75) is 31.3 Å². The molecule has 1 nitrogen and oxygen atoms in total. The van der Waals surface area contributed by atoms with Crippen molar-refractivity contribution in [1.82, 2.24) is 0 Å². The molecule has 1 aliphatic rings. The lowest BCUT2D eigenvalue weighted by Crippen LogP contribution is -2.37. The fourth-order valence-corrected chi connectivity index (χ4v) is 3.95. The average Bonchev–Trinajstić information content (AvgIpc) is 2.82. The molecule has 1 aliphatic carbocycles. The second kappa shape index (κ2) is 4.80. The van der Waals surface area contributed by atoms with Crippen molar-refractivity contribution in [2.75, 3.05) is 0 Å². The molecule has 0 spiro atoms. The monoisotopic (exact) mass is 322 g/mol. The fraction of sp³-hybridized carbons (Fsp3) is 0.333. The van der Waals surface area contributed by atoms with E-state index in [1.807, 2.05) is 0 Å². The van der Waals surface area contributed by atoms with Gasteiger partial charge in [-0.1, -0.05) is 28.1 Å². The van der Waals surface area contributed by atoms with Gasteiger partial charge in [0, 0.05) is 22.2 Å². The molecule has 1 atom stereocenters. The van der Waals surface area contributed by atoms with Crippen LogP contribution in [0.25, 0.3) is 0 Å². The molecule has 1 heterocycles. The second-order valence-electron chi connectivity index (χ2n) is 5.07. The fourth-order valence-electron chi connectivity index (χ4n) is 2.70. The summed E-state index contributed by atoms with van der Waals surface area (Å²) in [5.41, 5.74) is 2.11. The van der Waals surface area contributed by atoms with Crippen molar-refractivity contribution in [3.05, 3.63) is 56.2 Å². The third-order valence-electron chi connectivity index (χ3n) is 3.63. The van der Waals surface area contributed by atoms with Gasteiger partial charge in [-0.05, 0) is 47.5 Å². The van der Waals surface area contributed by atoms with Crippen molar-refractivity contribution < 1.29 is 5.11 Å². The highest BCUT2D eigenvalue weighted by molar-refractivity contribution is 9.10. The van der Waals surface area contributed by atoms with Gasteiger partial charge in [-0.25, -0.2) is 0 Å². The number of aliphatic hydroxyl groups is 1. The molecule has 0 saturated carbocycles. The summed E-state index contributed by atoms with van der Waals surface area (Å²) < 4.78 is 1.13. The largest absolute Gasteiger partial charge is 0.389 e. The molecular formula is C15H15BrOS. The summed E-state index contributed by atoms with van der Waals surface area (Å²) >= 11 is 5.24. The summed E-state index contributed by atoms with van der Waals surface area (Å²) in [6.07, 6.45) is 3.37. The van der Waals surface area contributed by atoms with Gasteiger partial charge in [-0.15, -0.1) is 11.3 Å². The van der Waals surface area contributed by atoms with Gasteiger partial charge in [-0.3, -0.25) is 0 Å². The Morgan fingerprint density at radius 2 is 2.17 bits per heavy atom. The van der Waals surface area contributed by atoms with Crippen molar-refractivity contribution in [3.8, 4) is 0 Å². The number of rotatable bonds is 2. The van der Waals surface area contributed by atoms with Crippen LogP contribution in [0.3, 0.4) is 0 Å². The zero-order chi connectivity index (χ0) is 12.6. The highest BCUT2D eigenvalue weighted by Crippen LogP contribution is 2.33. The van der Waals surface area contributed by atoms with Crippen LogP contribution in [0.2, 0.25) is 0 Å². The summed E-state index contributed by atoms with van der Waals surface area (Å²) in [6.45, 7) is 0. The maximum atomic E-state index is 10.8. The van der Waals surface area contributed by atoms with Crippen LogP contribution in [0, 0.1) is 0 Å². The van der Waals surface area contributed by atoms with E-state index in [1.165, 1.54) is 16.0 Å². The Labute approximate surface area is 120 Å². The van der Waals surface area contributed by atoms with Gasteiger partial charge in [0.05, 0.1) is 5.60 Å². The number of hydrogen-bond acceptors (Lipinski definition) is 2. The average molecular weight is 323 g/mol. The highest BCUT2D eigenvalue weighted by atomic mass is 79.9. The predicted octanol–water partition coefficient (Wildman–Crippen LogP) is 3.97. The first-order valence-electron chi connectivity index (χ1n) is 6.17. The summed E-state index contributed by atoms with van der Waals surface area (Å²) in [5, 5.41) is 12.8. The Bertz CT molecular complexity index is 550. The molecule has 0 bridgehead atoms. The van der Waals surface area contributed by atoms with Gasteiger partial charge < -0.3 is 5.11 Å². The predicted molar refractivity (Wildman–Crippen MR) is 79.1 cm³/mol. The molecule has 0 fully saturated rings. The first-order chi connectivity index (χ1) is 8.65. The van der Waals surface area contributed by atoms with E-state index in [1.54, 1.807) is 11.3 Å². The maximum absolute atomic E-state index is 10.8. The Morgan fingerprint density at radius 1 is 1.28 bits per heavy atom. The SMILES string of the molecule is OC1(Cc2cccs2)CCc2cc(Br)ccc2C1. The van der Waals surface area contributed by atoms with Crippen LogP contribution in [0.4, 0.5) is 0 Å². The third-order valence-corrected chi connectivity index (χ3v) is 5.00. The minimum absolute atomic E-state index is 0.564. The summed E-state index contributed by atoms with van der Waals surface area (Å²) in [4.78, 5) is 1.28. The third kappa shape index (κ3) is 2.53. The molecule has 1 aromatic heterocycles. The smallest absolute Gasteiger partial charge is 0.0739 e. The Kier molecular flexibility index (Phi) is 3.31. The Morgan fingerprint density at radius 3 is 2.94 bits per heavy atom. The van der Waals surface area contributed by atoms with Crippen LogP contribution in [0.5, 0.6) is 0 Å². The van der Waals surface area contributed by atoms with Crippen LogP contribution >= 0.6 is 27.3 Å². The first kappa shape index (κ1) is 12.4. The van der Waals surface area contributed by atoms with Gasteiger partial charge in [-0.2, -0.15) is 0 Å². The quantitative estimate of drug-likeness (QED) is 0.886. The molecular weight excluding hydrogens is 308 g/mol. The first-order valence-corrected chi connectivity index (χ1v) is 7.84. The number of hydrogen-bond donors (Lipinski definition) is 1. The summed E-state index contributed by atoms with van der Waals surface area (Å²) in [7, 11) is 0. The van der Waals surface area contributed by atoms with Crippen LogP contribution in [0.1, 0.15) is 22.4 Å². The zero-order valence-electron chi connectivity index (χ0n) is 10.0. The van der Waals surface area contributed by atoms with E-state index in [0.717, 1.165) is 30.2 Å². The van der Waals surface area contributed by atoms with Crippen molar-refractivity contribution >= 4 is 27.3 Å². The summed E-state index contributed by atoms with van der Waals surface area (Å²) in [6, 6.07) is 10.5. The molecule has 3 heteroatoms. The van der Waals surface area contributed by atoms with Crippen LogP contribution < -0.4 is 0 Å². The molecule has 0 aliphatic heterocycles. The minimum Gasteiger partial charge on any atom is -0.389 e. The van der Waals surface area contributed by atoms with Crippen molar-refractivity contribution in [2.24, 2.45) is 0 Å². The molecule has 0 saturated heterocycles. The van der Waals surface area contributed by atoms with E-state index < -0.39 is 5.60 Å². The normalized spacial score (nSPS) is 22.8. The lowest BCUT2D eigenvalue weighted by Gasteiger charge is -2.33. The molecule has 94 valence electrons. The van der Waals surface area contributed by atoms with E-state index in [4.69, 9.17) is 0 Å². The van der Waals surface area contributed by atoms with Crippen LogP contribution in [0.15, 0.2) is 40.2 Å². The van der Waals surface area contributed by atoms with Gasteiger partial charge in [0.2, 0.25) is 0 Å². The number of aryl methyl sites for hydroxylation is 1. The Hall–Kier alpha value is -0.640. The maximum Gasteiger partial charge on any atom is 0.0739 e. The number of halogens is 1. The molecule has 1 N–H and O–H groups in total. The molecule has 0 radical (unpaired) electrons. The molecule has 2 aromatic rings. The molecule has 18 heavy (non-hydrogen) atoms. The van der Waals surface area contributed by atoms with Gasteiger partial charge in [0.1, 0.15) is 0 Å². The van der Waals surface area contributed by atoms with E-state index in [9.17, 15) is 5.11 Å². The number of thiophene rings is 1. The van der Waals surface area contributed by atoms with Crippen molar-refractivity contribution in [1.29, 1.82) is 0 Å². The number of fused-ring (bicyclic) bond motifs is 1. The lowest BCUT2D eigenvalue weighted by atomic mass is 9.78. The summed E-state index contributed by atoms with van der Waals surface area (Å²) in [5.74, 6) is 0. The zero-order valence-corrected chi connectivity index (χ0v) is 12.4. The molecule has 3 rings (SSSR count). The molecule has 1 aromatic carbocycles. The van der Waals surface area contributed by atoms with Crippen molar-refractivity contribution in [3.63, 3.8) is 0 Å². The minimum atomic E-state index is -0.564.